The summed E-state index contributed by atoms with van der Waals surface area (Å²) in [6, 6.07) is 3.93. The number of nitrogens with one attached hydrogen (secondary N) is 1. The third kappa shape index (κ3) is 3.07. The molecule has 0 fully saturated rings. The average Bonchev–Trinajstić information content (AvgIpc) is 2.82. The summed E-state index contributed by atoms with van der Waals surface area (Å²) in [6.07, 6.45) is 3.49. The maximum absolute atomic E-state index is 5.84. The highest BCUT2D eigenvalue weighted by molar-refractivity contribution is 5.51. The zero-order valence-corrected chi connectivity index (χ0v) is 11.1. The Morgan fingerprint density at radius 3 is 2.72 bits per heavy atom. The van der Waals surface area contributed by atoms with Crippen molar-refractivity contribution in [1.82, 2.24) is 5.32 Å². The van der Waals surface area contributed by atoms with E-state index in [0.717, 1.165) is 42.4 Å². The molecule has 1 aliphatic heterocycles. The summed E-state index contributed by atoms with van der Waals surface area (Å²) in [7, 11) is 1.92. The molecule has 0 aromatic heterocycles. The fourth-order valence-electron chi connectivity index (χ4n) is 1.96. The Kier molecular flexibility index (Phi) is 4.70. The van der Waals surface area contributed by atoms with Gasteiger partial charge in [-0.2, -0.15) is 0 Å². The van der Waals surface area contributed by atoms with Crippen LogP contribution in [0.25, 0.3) is 0 Å². The van der Waals surface area contributed by atoms with E-state index >= 15 is 0 Å². The van der Waals surface area contributed by atoms with Crippen LogP contribution in [0.1, 0.15) is 31.7 Å². The van der Waals surface area contributed by atoms with Gasteiger partial charge in [0, 0.05) is 18.2 Å². The van der Waals surface area contributed by atoms with Gasteiger partial charge >= 0.3 is 0 Å². The zero-order chi connectivity index (χ0) is 12.8. The average molecular weight is 251 g/mol. The van der Waals surface area contributed by atoms with Crippen LogP contribution in [-0.4, -0.2) is 20.4 Å². The molecular weight excluding hydrogens is 230 g/mol. The lowest BCUT2D eigenvalue weighted by atomic mass is 10.1. The van der Waals surface area contributed by atoms with E-state index in [-0.39, 0.29) is 0 Å². The highest BCUT2D eigenvalue weighted by Gasteiger charge is 2.17. The normalized spacial score (nSPS) is 12.8. The monoisotopic (exact) mass is 251 g/mol. The van der Waals surface area contributed by atoms with E-state index in [1.807, 2.05) is 19.2 Å². The van der Waals surface area contributed by atoms with Gasteiger partial charge in [0.05, 0.1) is 6.61 Å². The van der Waals surface area contributed by atoms with Crippen LogP contribution in [-0.2, 0) is 6.54 Å². The van der Waals surface area contributed by atoms with Gasteiger partial charge in [-0.1, -0.05) is 19.8 Å². The smallest absolute Gasteiger partial charge is 0.231 e. The molecule has 0 saturated carbocycles. The second-order valence-corrected chi connectivity index (χ2v) is 4.40. The van der Waals surface area contributed by atoms with E-state index in [2.05, 4.69) is 12.2 Å². The van der Waals surface area contributed by atoms with Gasteiger partial charge in [0.2, 0.25) is 6.79 Å². The van der Waals surface area contributed by atoms with E-state index in [1.165, 1.54) is 12.8 Å². The molecule has 1 heterocycles. The lowest BCUT2D eigenvalue weighted by molar-refractivity contribution is 0.173. The molecule has 1 N–H and O–H groups in total. The van der Waals surface area contributed by atoms with Gasteiger partial charge in [-0.05, 0) is 19.5 Å². The van der Waals surface area contributed by atoms with Gasteiger partial charge in [-0.25, -0.2) is 0 Å². The molecule has 1 aromatic carbocycles. The topological polar surface area (TPSA) is 39.7 Å². The first-order chi connectivity index (χ1) is 8.85. The number of unbranched alkanes of at least 4 members (excludes halogenated alkanes) is 2. The Hall–Kier alpha value is -1.42. The minimum atomic E-state index is 0.299. The molecule has 1 aliphatic rings. The SMILES string of the molecule is CCCCCOc1cc2c(cc1CNC)OCO2. The predicted molar refractivity (Wildman–Crippen MR) is 70.3 cm³/mol. The third-order valence-corrected chi connectivity index (χ3v) is 2.93. The van der Waals surface area contributed by atoms with Crippen molar-refractivity contribution < 1.29 is 14.2 Å². The van der Waals surface area contributed by atoms with E-state index < -0.39 is 0 Å². The lowest BCUT2D eigenvalue weighted by Crippen LogP contribution is -2.08. The van der Waals surface area contributed by atoms with Crippen molar-refractivity contribution in [3.05, 3.63) is 17.7 Å². The van der Waals surface area contributed by atoms with Crippen molar-refractivity contribution in [2.75, 3.05) is 20.4 Å². The minimum Gasteiger partial charge on any atom is -0.493 e. The summed E-state index contributed by atoms with van der Waals surface area (Å²) in [4.78, 5) is 0. The maximum atomic E-state index is 5.84. The highest BCUT2D eigenvalue weighted by Crippen LogP contribution is 2.38. The molecule has 2 rings (SSSR count). The third-order valence-electron chi connectivity index (χ3n) is 2.93. The highest BCUT2D eigenvalue weighted by atomic mass is 16.7. The molecule has 1 aromatic rings. The number of benzene rings is 1. The number of ether oxygens (including phenoxy) is 3. The molecule has 0 bridgehead atoms. The zero-order valence-electron chi connectivity index (χ0n) is 11.1. The van der Waals surface area contributed by atoms with Crippen LogP contribution in [0.4, 0.5) is 0 Å². The first kappa shape index (κ1) is 13.0. The fraction of sp³-hybridized carbons (Fsp3) is 0.571. The quantitative estimate of drug-likeness (QED) is 0.756. The summed E-state index contributed by atoms with van der Waals surface area (Å²) in [6.45, 7) is 4.00. The van der Waals surface area contributed by atoms with E-state index in [1.54, 1.807) is 0 Å². The second kappa shape index (κ2) is 6.50. The summed E-state index contributed by atoms with van der Waals surface area (Å²) < 4.78 is 16.6. The molecule has 0 radical (unpaired) electrons. The Morgan fingerprint density at radius 2 is 2.00 bits per heavy atom. The fourth-order valence-corrected chi connectivity index (χ4v) is 1.96. The molecule has 18 heavy (non-hydrogen) atoms. The first-order valence-corrected chi connectivity index (χ1v) is 6.55. The van der Waals surface area contributed by atoms with Gasteiger partial charge in [-0.3, -0.25) is 0 Å². The molecule has 0 atom stereocenters. The number of hydrogen-bond acceptors (Lipinski definition) is 4. The standard InChI is InChI=1S/C14H21NO3/c1-3-4-5-6-16-12-8-14-13(17-10-18-14)7-11(12)9-15-2/h7-8,15H,3-6,9-10H2,1-2H3. The van der Waals surface area contributed by atoms with Crippen LogP contribution in [0.15, 0.2) is 12.1 Å². The second-order valence-electron chi connectivity index (χ2n) is 4.40. The van der Waals surface area contributed by atoms with E-state index in [9.17, 15) is 0 Å². The van der Waals surface area contributed by atoms with Crippen LogP contribution >= 0.6 is 0 Å². The molecule has 0 aliphatic carbocycles. The minimum absolute atomic E-state index is 0.299. The van der Waals surface area contributed by atoms with Crippen molar-refractivity contribution in [3.63, 3.8) is 0 Å². The summed E-state index contributed by atoms with van der Waals surface area (Å²) in [5, 5.41) is 3.14. The van der Waals surface area contributed by atoms with Crippen molar-refractivity contribution in [1.29, 1.82) is 0 Å². The van der Waals surface area contributed by atoms with Crippen LogP contribution in [0.3, 0.4) is 0 Å². The number of rotatable bonds is 7. The van der Waals surface area contributed by atoms with Crippen molar-refractivity contribution in [2.45, 2.75) is 32.7 Å². The Labute approximate surface area is 108 Å². The molecule has 4 nitrogen and oxygen atoms in total. The van der Waals surface area contributed by atoms with Crippen LogP contribution in [0.2, 0.25) is 0 Å². The van der Waals surface area contributed by atoms with Crippen molar-refractivity contribution in [2.24, 2.45) is 0 Å². The molecule has 0 unspecified atom stereocenters. The van der Waals surface area contributed by atoms with Crippen molar-refractivity contribution >= 4 is 0 Å². The van der Waals surface area contributed by atoms with E-state index in [4.69, 9.17) is 14.2 Å². The summed E-state index contributed by atoms with van der Waals surface area (Å²) >= 11 is 0. The first-order valence-electron chi connectivity index (χ1n) is 6.55. The molecule has 0 amide bonds. The Balaban J connectivity index is 2.06. The molecular formula is C14H21NO3. The van der Waals surface area contributed by atoms with Crippen LogP contribution in [0.5, 0.6) is 17.2 Å². The maximum Gasteiger partial charge on any atom is 0.231 e. The molecule has 100 valence electrons. The van der Waals surface area contributed by atoms with Gasteiger partial charge in [0.15, 0.2) is 11.5 Å². The van der Waals surface area contributed by atoms with Crippen molar-refractivity contribution in [3.8, 4) is 17.2 Å². The lowest BCUT2D eigenvalue weighted by Gasteiger charge is -2.12. The van der Waals surface area contributed by atoms with Gasteiger partial charge < -0.3 is 19.5 Å². The van der Waals surface area contributed by atoms with Gasteiger partial charge in [-0.15, -0.1) is 0 Å². The summed E-state index contributed by atoms with van der Waals surface area (Å²) in [5.74, 6) is 2.48. The molecule has 0 saturated heterocycles. The number of fused-ring (bicyclic) bond motifs is 1. The van der Waals surface area contributed by atoms with Crippen LogP contribution in [0, 0.1) is 0 Å². The Morgan fingerprint density at radius 1 is 1.22 bits per heavy atom. The largest absolute Gasteiger partial charge is 0.493 e. The predicted octanol–water partition coefficient (Wildman–Crippen LogP) is 2.70. The molecule has 0 spiro atoms. The van der Waals surface area contributed by atoms with E-state index in [0.29, 0.717) is 6.79 Å². The Bertz CT molecular complexity index is 393. The number of hydrogen-bond donors (Lipinski definition) is 1. The van der Waals surface area contributed by atoms with Gasteiger partial charge in [0.25, 0.3) is 0 Å². The van der Waals surface area contributed by atoms with Gasteiger partial charge in [0.1, 0.15) is 5.75 Å². The molecule has 4 heteroatoms. The van der Waals surface area contributed by atoms with Crippen LogP contribution < -0.4 is 19.5 Å². The summed E-state index contributed by atoms with van der Waals surface area (Å²) in [5.41, 5.74) is 1.11.